The van der Waals surface area contributed by atoms with Gasteiger partial charge in [-0.25, -0.2) is 9.37 Å². The smallest absolute Gasteiger partial charge is 0.251 e. The summed E-state index contributed by atoms with van der Waals surface area (Å²) in [5, 5.41) is 2.70. The van der Waals surface area contributed by atoms with Gasteiger partial charge in [-0.15, -0.1) is 0 Å². The van der Waals surface area contributed by atoms with Crippen LogP contribution in [0.3, 0.4) is 0 Å². The number of halogens is 2. The molecule has 3 N–H and O–H groups in total. The molecule has 0 spiro atoms. The molecule has 1 amide bonds. The number of hydrogen-bond acceptors (Lipinski definition) is 3. The van der Waals surface area contributed by atoms with E-state index >= 15 is 0 Å². The van der Waals surface area contributed by atoms with Crippen molar-refractivity contribution in [3.8, 4) is 11.1 Å². The largest absolute Gasteiger partial charge is 0.383 e. The number of carbonyl (C=O) groups excluding carboxylic acids is 1. The lowest BCUT2D eigenvalue weighted by molar-refractivity contribution is 0.0945. The number of benzene rings is 1. The normalized spacial score (nSPS) is 13.8. The van der Waals surface area contributed by atoms with Crippen LogP contribution in [0.5, 0.6) is 0 Å². The van der Waals surface area contributed by atoms with Gasteiger partial charge in [-0.2, -0.15) is 0 Å². The predicted molar refractivity (Wildman–Crippen MR) is 77.8 cm³/mol. The van der Waals surface area contributed by atoms with Gasteiger partial charge in [0.1, 0.15) is 11.6 Å². The average Bonchev–Trinajstić information content (AvgIpc) is 2.42. The lowest BCUT2D eigenvalue weighted by Crippen LogP contribution is -2.32. The van der Waals surface area contributed by atoms with Crippen molar-refractivity contribution in [3.63, 3.8) is 0 Å². The van der Waals surface area contributed by atoms with Gasteiger partial charge in [0.15, 0.2) is 0 Å². The molecule has 1 aliphatic rings. The lowest BCUT2D eigenvalue weighted by atomic mass is 9.94. The summed E-state index contributed by atoms with van der Waals surface area (Å²) in [7, 11) is 0. The van der Waals surface area contributed by atoms with Crippen LogP contribution in [0.25, 0.3) is 11.1 Å². The Morgan fingerprint density at radius 2 is 2.05 bits per heavy atom. The predicted octanol–water partition coefficient (Wildman–Crippen LogP) is 2.52. The van der Waals surface area contributed by atoms with Gasteiger partial charge in [-0.3, -0.25) is 4.79 Å². The zero-order valence-electron chi connectivity index (χ0n) is 10.4. The molecule has 0 atom stereocenters. The molecular weight excluding hydrogens is 325 g/mol. The topological polar surface area (TPSA) is 68.0 Å². The van der Waals surface area contributed by atoms with Crippen LogP contribution in [0, 0.1) is 5.82 Å². The fraction of sp³-hybridized carbons (Fsp3) is 0.143. The van der Waals surface area contributed by atoms with E-state index in [4.69, 9.17) is 5.73 Å². The first kappa shape index (κ1) is 13.1. The maximum absolute atomic E-state index is 14.3. The molecule has 0 unspecified atom stereocenters. The Morgan fingerprint density at radius 3 is 2.85 bits per heavy atom. The van der Waals surface area contributed by atoms with Crippen molar-refractivity contribution in [2.75, 3.05) is 12.3 Å². The number of hydrogen-bond donors (Lipinski definition) is 2. The monoisotopic (exact) mass is 335 g/mol. The molecule has 1 aromatic carbocycles. The van der Waals surface area contributed by atoms with E-state index in [9.17, 15) is 9.18 Å². The summed E-state index contributed by atoms with van der Waals surface area (Å²) in [6.07, 6.45) is 2.23. The van der Waals surface area contributed by atoms with E-state index in [1.165, 1.54) is 6.07 Å². The highest BCUT2D eigenvalue weighted by Crippen LogP contribution is 2.32. The molecule has 0 aliphatic carbocycles. The molecule has 0 radical (unpaired) electrons. The third-order valence-corrected chi connectivity index (χ3v) is 3.73. The van der Waals surface area contributed by atoms with E-state index in [1.54, 1.807) is 18.3 Å². The summed E-state index contributed by atoms with van der Waals surface area (Å²) >= 11 is 3.30. The number of pyridine rings is 1. The SMILES string of the molecule is Nc1ncc(Br)cc1-c1cc2c(cc1F)C(=O)NCC2. The van der Waals surface area contributed by atoms with Crippen LogP contribution in [0.15, 0.2) is 28.9 Å². The number of nitrogens with one attached hydrogen (secondary N) is 1. The van der Waals surface area contributed by atoms with E-state index in [2.05, 4.69) is 26.2 Å². The maximum Gasteiger partial charge on any atom is 0.251 e. The standard InChI is InChI=1S/C14H11BrFN3O/c15-8-4-11(13(17)19-6-8)10-3-7-1-2-18-14(20)9(7)5-12(10)16/h3-6H,1-2H2,(H2,17,19)(H,18,20). The second-order valence-electron chi connectivity index (χ2n) is 4.58. The average molecular weight is 336 g/mol. The van der Waals surface area contributed by atoms with Gasteiger partial charge >= 0.3 is 0 Å². The molecule has 1 aliphatic heterocycles. The Kier molecular flexibility index (Phi) is 3.17. The van der Waals surface area contributed by atoms with Crippen LogP contribution in [0.4, 0.5) is 10.2 Å². The van der Waals surface area contributed by atoms with Crippen molar-refractivity contribution in [1.82, 2.24) is 10.3 Å². The molecule has 4 nitrogen and oxygen atoms in total. The minimum atomic E-state index is -0.479. The number of nitrogens with zero attached hydrogens (tertiary/aromatic N) is 1. The number of nitrogens with two attached hydrogens (primary N) is 1. The number of carbonyl (C=O) groups is 1. The summed E-state index contributed by atoms with van der Waals surface area (Å²) < 4.78 is 15.0. The van der Waals surface area contributed by atoms with Crippen molar-refractivity contribution < 1.29 is 9.18 Å². The van der Waals surface area contributed by atoms with E-state index < -0.39 is 5.82 Å². The van der Waals surface area contributed by atoms with Crippen LogP contribution in [0.1, 0.15) is 15.9 Å². The number of nitrogen functional groups attached to an aromatic ring is 1. The van der Waals surface area contributed by atoms with E-state index in [1.807, 2.05) is 0 Å². The van der Waals surface area contributed by atoms with Crippen LogP contribution < -0.4 is 11.1 Å². The van der Waals surface area contributed by atoms with Crippen LogP contribution >= 0.6 is 15.9 Å². The Balaban J connectivity index is 2.20. The minimum Gasteiger partial charge on any atom is -0.383 e. The zero-order chi connectivity index (χ0) is 14.3. The molecule has 102 valence electrons. The second-order valence-corrected chi connectivity index (χ2v) is 5.50. The Bertz CT molecular complexity index is 718. The molecule has 2 heterocycles. The highest BCUT2D eigenvalue weighted by atomic mass is 79.9. The molecule has 20 heavy (non-hydrogen) atoms. The van der Waals surface area contributed by atoms with Gasteiger partial charge in [0, 0.05) is 33.9 Å². The number of anilines is 1. The van der Waals surface area contributed by atoms with E-state index in [-0.39, 0.29) is 11.7 Å². The van der Waals surface area contributed by atoms with Crippen LogP contribution in [-0.4, -0.2) is 17.4 Å². The highest BCUT2D eigenvalue weighted by molar-refractivity contribution is 9.10. The van der Waals surface area contributed by atoms with Crippen molar-refractivity contribution in [2.24, 2.45) is 0 Å². The third-order valence-electron chi connectivity index (χ3n) is 3.29. The third kappa shape index (κ3) is 2.16. The lowest BCUT2D eigenvalue weighted by Gasteiger charge is -2.18. The van der Waals surface area contributed by atoms with Crippen molar-refractivity contribution in [3.05, 3.63) is 45.8 Å². The highest BCUT2D eigenvalue weighted by Gasteiger charge is 2.21. The Morgan fingerprint density at radius 1 is 1.25 bits per heavy atom. The molecule has 3 rings (SSSR count). The molecule has 2 aromatic rings. The Labute approximate surface area is 123 Å². The quantitative estimate of drug-likeness (QED) is 0.841. The molecule has 6 heteroatoms. The van der Waals surface area contributed by atoms with Crippen molar-refractivity contribution >= 4 is 27.7 Å². The zero-order valence-corrected chi connectivity index (χ0v) is 12.0. The Hall–Kier alpha value is -1.95. The van der Waals surface area contributed by atoms with Gasteiger partial charge < -0.3 is 11.1 Å². The van der Waals surface area contributed by atoms with Crippen molar-refractivity contribution in [2.45, 2.75) is 6.42 Å². The van der Waals surface area contributed by atoms with Crippen molar-refractivity contribution in [1.29, 1.82) is 0 Å². The van der Waals surface area contributed by atoms with Gasteiger partial charge in [0.2, 0.25) is 0 Å². The van der Waals surface area contributed by atoms with Crippen LogP contribution in [-0.2, 0) is 6.42 Å². The molecule has 0 saturated carbocycles. The number of rotatable bonds is 1. The first-order valence-electron chi connectivity index (χ1n) is 6.08. The molecule has 1 aromatic heterocycles. The molecule has 0 bridgehead atoms. The van der Waals surface area contributed by atoms with Gasteiger partial charge in [0.05, 0.1) is 0 Å². The minimum absolute atomic E-state index is 0.239. The van der Waals surface area contributed by atoms with E-state index in [0.29, 0.717) is 29.7 Å². The van der Waals surface area contributed by atoms with E-state index in [0.717, 1.165) is 10.0 Å². The van der Waals surface area contributed by atoms with Gasteiger partial charge in [0.25, 0.3) is 5.91 Å². The fourth-order valence-electron chi connectivity index (χ4n) is 2.31. The molecule has 0 saturated heterocycles. The first-order chi connectivity index (χ1) is 9.56. The number of amides is 1. The summed E-state index contributed by atoms with van der Waals surface area (Å²) in [5.74, 6) is -0.461. The molecule has 0 fully saturated rings. The number of fused-ring (bicyclic) bond motifs is 1. The second kappa shape index (κ2) is 4.86. The maximum atomic E-state index is 14.3. The summed E-state index contributed by atoms with van der Waals surface area (Å²) in [5.41, 5.74) is 7.91. The first-order valence-corrected chi connectivity index (χ1v) is 6.87. The summed E-state index contributed by atoms with van der Waals surface area (Å²) in [4.78, 5) is 15.7. The van der Waals surface area contributed by atoms with Gasteiger partial charge in [-0.05, 0) is 46.1 Å². The summed E-state index contributed by atoms with van der Waals surface area (Å²) in [6, 6.07) is 4.67. The number of aromatic nitrogens is 1. The van der Waals surface area contributed by atoms with Gasteiger partial charge in [-0.1, -0.05) is 0 Å². The molecular formula is C14H11BrFN3O. The van der Waals surface area contributed by atoms with Crippen LogP contribution in [0.2, 0.25) is 0 Å². The summed E-state index contributed by atoms with van der Waals surface area (Å²) in [6.45, 7) is 0.559. The fourth-order valence-corrected chi connectivity index (χ4v) is 2.65.